The van der Waals surface area contributed by atoms with Gasteiger partial charge < -0.3 is 15.5 Å². The average Bonchev–Trinajstić information content (AvgIpc) is 2.25. The molecule has 1 aliphatic rings. The van der Waals surface area contributed by atoms with Crippen LogP contribution in [0.15, 0.2) is 0 Å². The van der Waals surface area contributed by atoms with Crippen molar-refractivity contribution in [3.63, 3.8) is 0 Å². The fraction of sp³-hybridized carbons (Fsp3) is 0.800. The van der Waals surface area contributed by atoms with Gasteiger partial charge in [0.1, 0.15) is 6.42 Å². The molecule has 1 fully saturated rings. The van der Waals surface area contributed by atoms with Gasteiger partial charge in [0.2, 0.25) is 11.8 Å². The van der Waals surface area contributed by atoms with Gasteiger partial charge in [0.25, 0.3) is 0 Å². The van der Waals surface area contributed by atoms with E-state index in [1.54, 1.807) is 4.90 Å². The zero-order valence-electron chi connectivity index (χ0n) is 9.54. The van der Waals surface area contributed by atoms with E-state index < -0.39 is 0 Å². The summed E-state index contributed by atoms with van der Waals surface area (Å²) >= 11 is 0. The summed E-state index contributed by atoms with van der Waals surface area (Å²) in [5.74, 6) is -0.258. The third-order valence-electron chi connectivity index (χ3n) is 2.55. The summed E-state index contributed by atoms with van der Waals surface area (Å²) in [7, 11) is 1.86. The Morgan fingerprint density at radius 3 is 2.87 bits per heavy atom. The minimum Gasteiger partial charge on any atom is -0.351 e. The predicted molar refractivity (Wildman–Crippen MR) is 57.3 cm³/mol. The molecule has 0 aromatic carbocycles. The van der Waals surface area contributed by atoms with Crippen molar-refractivity contribution in [2.45, 2.75) is 32.4 Å². The Hall–Kier alpha value is -1.10. The Labute approximate surface area is 90.2 Å². The number of amides is 2. The lowest BCUT2D eigenvalue weighted by atomic mass is 10.2. The summed E-state index contributed by atoms with van der Waals surface area (Å²) in [6.07, 6.45) is -0.0270. The fourth-order valence-corrected chi connectivity index (χ4v) is 1.65. The molecule has 0 aromatic heterocycles. The zero-order valence-corrected chi connectivity index (χ0v) is 9.54. The van der Waals surface area contributed by atoms with Crippen molar-refractivity contribution in [1.82, 2.24) is 15.5 Å². The Balaban J connectivity index is 2.61. The first-order chi connectivity index (χ1) is 7.02. The highest BCUT2D eigenvalue weighted by atomic mass is 16.2. The number of likely N-dealkylation sites (N-methyl/N-ethyl adjacent to an activating group) is 1. The smallest absolute Gasteiger partial charge is 0.232 e. The number of hydrogen-bond acceptors (Lipinski definition) is 3. The van der Waals surface area contributed by atoms with E-state index in [9.17, 15) is 9.59 Å². The van der Waals surface area contributed by atoms with E-state index in [4.69, 9.17) is 0 Å². The van der Waals surface area contributed by atoms with Crippen LogP contribution in [-0.2, 0) is 9.59 Å². The van der Waals surface area contributed by atoms with E-state index in [0.717, 1.165) is 0 Å². The van der Waals surface area contributed by atoms with E-state index in [-0.39, 0.29) is 30.3 Å². The van der Waals surface area contributed by atoms with Crippen molar-refractivity contribution in [3.8, 4) is 0 Å². The largest absolute Gasteiger partial charge is 0.351 e. The molecule has 0 radical (unpaired) electrons. The highest BCUT2D eigenvalue weighted by molar-refractivity contribution is 5.97. The van der Waals surface area contributed by atoms with Crippen LogP contribution in [0.2, 0.25) is 0 Å². The molecule has 15 heavy (non-hydrogen) atoms. The number of nitrogens with zero attached hydrogens (tertiary/aromatic N) is 1. The highest BCUT2D eigenvalue weighted by Gasteiger charge is 2.25. The Bertz CT molecular complexity index is 255. The van der Waals surface area contributed by atoms with Gasteiger partial charge in [0.15, 0.2) is 0 Å². The van der Waals surface area contributed by atoms with Crippen molar-refractivity contribution < 1.29 is 9.59 Å². The normalized spacial score (nSPS) is 24.7. The lowest BCUT2D eigenvalue weighted by Gasteiger charge is -2.25. The van der Waals surface area contributed by atoms with Crippen LogP contribution in [0.4, 0.5) is 0 Å². The molecule has 0 saturated carbocycles. The quantitative estimate of drug-likeness (QED) is 0.611. The number of carbonyl (C=O) groups is 2. The maximum atomic E-state index is 11.7. The Morgan fingerprint density at radius 2 is 2.27 bits per heavy atom. The predicted octanol–water partition coefficient (Wildman–Crippen LogP) is -0.669. The maximum Gasteiger partial charge on any atom is 0.232 e. The molecule has 1 aliphatic heterocycles. The molecule has 0 spiro atoms. The van der Waals surface area contributed by atoms with E-state index in [1.165, 1.54) is 0 Å². The third-order valence-corrected chi connectivity index (χ3v) is 2.55. The highest BCUT2D eigenvalue weighted by Crippen LogP contribution is 2.04. The molecule has 2 N–H and O–H groups in total. The summed E-state index contributed by atoms with van der Waals surface area (Å²) in [4.78, 5) is 24.6. The number of hydrogen-bond donors (Lipinski definition) is 2. The van der Waals surface area contributed by atoms with Crippen molar-refractivity contribution in [1.29, 1.82) is 0 Å². The second-order valence-electron chi connectivity index (χ2n) is 4.13. The summed E-state index contributed by atoms with van der Waals surface area (Å²) in [5.41, 5.74) is 0. The summed E-state index contributed by atoms with van der Waals surface area (Å²) in [5, 5.41) is 5.85. The molecule has 5 nitrogen and oxygen atoms in total. The lowest BCUT2D eigenvalue weighted by molar-refractivity contribution is -0.134. The first kappa shape index (κ1) is 12.0. The second kappa shape index (κ2) is 5.11. The standard InChI is InChI=1S/C10H19N3O2/c1-7(11-3)5-13-6-8(2)12-9(14)4-10(13)15/h7-8,11H,4-6H2,1-3H3,(H,12,14). The molecule has 5 heteroatoms. The molecular weight excluding hydrogens is 194 g/mol. The molecule has 0 aromatic rings. The molecule has 1 heterocycles. The van der Waals surface area contributed by atoms with Crippen molar-refractivity contribution in [2.24, 2.45) is 0 Å². The maximum absolute atomic E-state index is 11.7. The van der Waals surface area contributed by atoms with Crippen molar-refractivity contribution in [3.05, 3.63) is 0 Å². The third kappa shape index (κ3) is 3.51. The summed E-state index contributed by atoms with van der Waals surface area (Å²) < 4.78 is 0. The van der Waals surface area contributed by atoms with Gasteiger partial charge in [0, 0.05) is 25.2 Å². The minimum atomic E-state index is -0.174. The van der Waals surface area contributed by atoms with Gasteiger partial charge in [0.05, 0.1) is 0 Å². The zero-order chi connectivity index (χ0) is 11.4. The van der Waals surface area contributed by atoms with Gasteiger partial charge in [-0.15, -0.1) is 0 Å². The Kier molecular flexibility index (Phi) is 4.08. The van der Waals surface area contributed by atoms with Crippen molar-refractivity contribution >= 4 is 11.8 Å². The van der Waals surface area contributed by atoms with E-state index >= 15 is 0 Å². The molecule has 1 saturated heterocycles. The van der Waals surface area contributed by atoms with Crippen LogP contribution < -0.4 is 10.6 Å². The molecular formula is C10H19N3O2. The van der Waals surface area contributed by atoms with Crippen LogP contribution in [-0.4, -0.2) is 48.9 Å². The SMILES string of the molecule is CNC(C)CN1CC(C)NC(=O)CC1=O. The van der Waals surface area contributed by atoms with Gasteiger partial charge in [-0.25, -0.2) is 0 Å². The van der Waals surface area contributed by atoms with Crippen LogP contribution in [0.25, 0.3) is 0 Å². The first-order valence-electron chi connectivity index (χ1n) is 5.27. The minimum absolute atomic E-state index is 0.0270. The molecule has 2 unspecified atom stereocenters. The van der Waals surface area contributed by atoms with Crippen LogP contribution >= 0.6 is 0 Å². The molecule has 1 rings (SSSR count). The van der Waals surface area contributed by atoms with Crippen LogP contribution in [0.1, 0.15) is 20.3 Å². The lowest BCUT2D eigenvalue weighted by Crippen LogP contribution is -2.44. The van der Waals surface area contributed by atoms with E-state index in [0.29, 0.717) is 13.1 Å². The fourth-order valence-electron chi connectivity index (χ4n) is 1.65. The molecule has 0 bridgehead atoms. The molecule has 2 amide bonds. The van der Waals surface area contributed by atoms with Crippen LogP contribution in [0.3, 0.4) is 0 Å². The van der Waals surface area contributed by atoms with E-state index in [2.05, 4.69) is 10.6 Å². The Morgan fingerprint density at radius 1 is 1.60 bits per heavy atom. The average molecular weight is 213 g/mol. The molecule has 86 valence electrons. The van der Waals surface area contributed by atoms with Crippen molar-refractivity contribution in [2.75, 3.05) is 20.1 Å². The first-order valence-corrected chi connectivity index (χ1v) is 5.27. The van der Waals surface area contributed by atoms with Gasteiger partial charge in [-0.2, -0.15) is 0 Å². The number of rotatable bonds is 3. The second-order valence-corrected chi connectivity index (χ2v) is 4.13. The monoisotopic (exact) mass is 213 g/mol. The molecule has 0 aliphatic carbocycles. The van der Waals surface area contributed by atoms with Crippen LogP contribution in [0, 0.1) is 0 Å². The number of nitrogens with one attached hydrogen (secondary N) is 2. The van der Waals surface area contributed by atoms with Gasteiger partial charge >= 0.3 is 0 Å². The number of carbonyl (C=O) groups excluding carboxylic acids is 2. The van der Waals surface area contributed by atoms with Gasteiger partial charge in [-0.3, -0.25) is 9.59 Å². The van der Waals surface area contributed by atoms with Gasteiger partial charge in [-0.1, -0.05) is 0 Å². The molecule has 2 atom stereocenters. The van der Waals surface area contributed by atoms with E-state index in [1.807, 2.05) is 20.9 Å². The van der Waals surface area contributed by atoms with Crippen LogP contribution in [0.5, 0.6) is 0 Å². The topological polar surface area (TPSA) is 61.4 Å². The summed E-state index contributed by atoms with van der Waals surface area (Å²) in [6.45, 7) is 5.16. The summed E-state index contributed by atoms with van der Waals surface area (Å²) in [6, 6.07) is 0.280. The van der Waals surface area contributed by atoms with Gasteiger partial charge in [-0.05, 0) is 20.9 Å².